The first-order valence-corrected chi connectivity index (χ1v) is 11.8. The number of hydrogen-bond donors (Lipinski definition) is 0. The van der Waals surface area contributed by atoms with Gasteiger partial charge >= 0.3 is 6.36 Å². The van der Waals surface area contributed by atoms with Crippen LogP contribution < -0.4 is 9.47 Å². The van der Waals surface area contributed by atoms with E-state index in [1.54, 1.807) is 18.3 Å². The molecule has 11 heteroatoms. The van der Waals surface area contributed by atoms with Gasteiger partial charge in [0.05, 0.1) is 18.0 Å². The molecule has 38 heavy (non-hydrogen) atoms. The van der Waals surface area contributed by atoms with E-state index in [1.165, 1.54) is 40.9 Å². The molecule has 0 aliphatic carbocycles. The average molecular weight is 524 g/mol. The van der Waals surface area contributed by atoms with Crippen molar-refractivity contribution in [2.75, 3.05) is 0 Å². The van der Waals surface area contributed by atoms with Crippen molar-refractivity contribution in [2.24, 2.45) is 0 Å². The summed E-state index contributed by atoms with van der Waals surface area (Å²) in [5.74, 6) is 0.778. The van der Waals surface area contributed by atoms with Crippen LogP contribution in [0.25, 0.3) is 12.2 Å². The lowest BCUT2D eigenvalue weighted by atomic mass is 10.1. The summed E-state index contributed by atoms with van der Waals surface area (Å²) in [7, 11) is 0. The lowest BCUT2D eigenvalue weighted by Crippen LogP contribution is -2.16. The summed E-state index contributed by atoms with van der Waals surface area (Å²) >= 11 is 0. The van der Waals surface area contributed by atoms with Crippen molar-refractivity contribution in [3.63, 3.8) is 0 Å². The molecule has 4 aromatic rings. The van der Waals surface area contributed by atoms with Crippen LogP contribution in [0.5, 0.6) is 11.5 Å². The van der Waals surface area contributed by atoms with E-state index in [2.05, 4.69) is 19.9 Å². The van der Waals surface area contributed by atoms with Crippen LogP contribution in [0.2, 0.25) is 0 Å². The summed E-state index contributed by atoms with van der Waals surface area (Å²) in [5.41, 5.74) is 3.37. The van der Waals surface area contributed by atoms with E-state index in [9.17, 15) is 13.2 Å². The van der Waals surface area contributed by atoms with Crippen molar-refractivity contribution in [3.8, 4) is 17.6 Å². The molecular weight excluding hydrogens is 499 g/mol. The van der Waals surface area contributed by atoms with Crippen LogP contribution in [0.15, 0.2) is 65.4 Å². The molecule has 0 N–H and O–H groups in total. The van der Waals surface area contributed by atoms with E-state index in [-0.39, 0.29) is 18.9 Å². The fourth-order valence-corrected chi connectivity index (χ4v) is 3.55. The minimum Gasteiger partial charge on any atom is -0.487 e. The van der Waals surface area contributed by atoms with Crippen molar-refractivity contribution in [3.05, 3.63) is 89.4 Å². The molecule has 2 heterocycles. The minimum atomic E-state index is -4.72. The number of rotatable bonds is 12. The summed E-state index contributed by atoms with van der Waals surface area (Å²) < 4.78 is 51.8. The Balaban J connectivity index is 1.18. The molecule has 0 aliphatic rings. The zero-order valence-corrected chi connectivity index (χ0v) is 20.3. The highest BCUT2D eigenvalue weighted by Crippen LogP contribution is 2.23. The molecule has 8 nitrogen and oxygen atoms in total. The lowest BCUT2D eigenvalue weighted by Gasteiger charge is -2.08. The van der Waals surface area contributed by atoms with E-state index in [4.69, 9.17) is 14.4 Å². The molecule has 0 fully saturated rings. The van der Waals surface area contributed by atoms with Gasteiger partial charge in [-0.2, -0.15) is 20.3 Å². The quantitative estimate of drug-likeness (QED) is 0.210. The van der Waals surface area contributed by atoms with Crippen LogP contribution in [0.1, 0.15) is 41.2 Å². The molecule has 2 aromatic carbocycles. The van der Waals surface area contributed by atoms with E-state index in [0.717, 1.165) is 31.4 Å². The Morgan fingerprint density at radius 3 is 2.42 bits per heavy atom. The smallest absolute Gasteiger partial charge is 0.487 e. The molecule has 0 radical (unpaired) electrons. The molecule has 0 aliphatic heterocycles. The molecule has 0 spiro atoms. The molecule has 2 aromatic heterocycles. The third-order valence-corrected chi connectivity index (χ3v) is 5.36. The predicted molar refractivity (Wildman–Crippen MR) is 132 cm³/mol. The van der Waals surface area contributed by atoms with Gasteiger partial charge in [-0.25, -0.2) is 4.98 Å². The number of nitriles is 1. The van der Waals surface area contributed by atoms with Crippen LogP contribution in [0.4, 0.5) is 13.2 Å². The molecule has 4 rings (SSSR count). The van der Waals surface area contributed by atoms with Gasteiger partial charge in [0.15, 0.2) is 0 Å². The number of nitrogens with zero attached hydrogens (tertiary/aromatic N) is 5. The highest BCUT2D eigenvalue weighted by atomic mass is 19.4. The first-order chi connectivity index (χ1) is 18.4. The number of oxazole rings is 1. The molecule has 0 unspecified atom stereocenters. The van der Waals surface area contributed by atoms with Crippen molar-refractivity contribution in [1.82, 2.24) is 20.0 Å². The number of benzene rings is 2. The van der Waals surface area contributed by atoms with E-state index in [1.807, 2.05) is 30.3 Å². The monoisotopic (exact) mass is 523 g/mol. The fraction of sp³-hybridized carbons (Fsp3) is 0.259. The number of ether oxygens (including phenoxy) is 2. The van der Waals surface area contributed by atoms with Gasteiger partial charge in [-0.05, 0) is 67.2 Å². The summed E-state index contributed by atoms with van der Waals surface area (Å²) in [4.78, 5) is 5.73. The molecule has 0 atom stereocenters. The summed E-state index contributed by atoms with van der Waals surface area (Å²) in [6.07, 6.45) is 5.51. The van der Waals surface area contributed by atoms with E-state index >= 15 is 0 Å². The van der Waals surface area contributed by atoms with Gasteiger partial charge in [0.1, 0.15) is 36.6 Å². The zero-order chi connectivity index (χ0) is 26.8. The van der Waals surface area contributed by atoms with Gasteiger partial charge < -0.3 is 13.9 Å². The molecule has 0 saturated heterocycles. The first kappa shape index (κ1) is 26.5. The molecular formula is C27H24F3N5O3. The second-order valence-corrected chi connectivity index (χ2v) is 8.29. The number of aromatic nitrogens is 4. The Kier molecular flexibility index (Phi) is 8.77. The summed E-state index contributed by atoms with van der Waals surface area (Å²) in [6, 6.07) is 15.4. The normalized spacial score (nSPS) is 11.5. The SMILES string of the molecule is N#CCn1ncc(CCCCc2ccc(OCc3coc(/C=C/c4ccc(OC(F)(F)F)cc4)n3)cc2)n1. The van der Waals surface area contributed by atoms with Crippen LogP contribution in [-0.2, 0) is 26.0 Å². The minimum absolute atomic E-state index is 0.161. The third-order valence-electron chi connectivity index (χ3n) is 5.36. The van der Waals surface area contributed by atoms with Crippen molar-refractivity contribution < 1.29 is 27.1 Å². The van der Waals surface area contributed by atoms with Crippen molar-refractivity contribution in [1.29, 1.82) is 5.26 Å². The molecule has 0 bridgehead atoms. The summed E-state index contributed by atoms with van der Waals surface area (Å²) in [6.45, 7) is 0.390. The number of unbranched alkanes of at least 4 members (excludes halogenated alkanes) is 1. The summed E-state index contributed by atoms with van der Waals surface area (Å²) in [5, 5.41) is 17.0. The van der Waals surface area contributed by atoms with Gasteiger partial charge in [0.25, 0.3) is 0 Å². The van der Waals surface area contributed by atoms with E-state index < -0.39 is 6.36 Å². The Labute approximate surface area is 216 Å². The maximum absolute atomic E-state index is 12.2. The standard InChI is InChI=1S/C27H24F3N5O3/c28-27(29,30)38-25-12-7-21(8-13-25)9-14-26-33-23(19-37-26)18-36-24-10-5-20(6-11-24)3-1-2-4-22-17-32-35(34-22)16-15-31/h5-14,17,19H,1-4,16,18H2/b14-9+. The largest absolute Gasteiger partial charge is 0.573 e. The first-order valence-electron chi connectivity index (χ1n) is 11.8. The van der Waals surface area contributed by atoms with Crippen LogP contribution >= 0.6 is 0 Å². The second-order valence-electron chi connectivity index (χ2n) is 8.29. The number of hydrogen-bond acceptors (Lipinski definition) is 7. The third kappa shape index (κ3) is 8.51. The predicted octanol–water partition coefficient (Wildman–Crippen LogP) is 6.00. The highest BCUT2D eigenvalue weighted by molar-refractivity contribution is 5.66. The Morgan fingerprint density at radius 1 is 0.947 bits per heavy atom. The second kappa shape index (κ2) is 12.6. The van der Waals surface area contributed by atoms with Gasteiger partial charge in [0.2, 0.25) is 5.89 Å². The van der Waals surface area contributed by atoms with Gasteiger partial charge in [-0.1, -0.05) is 24.3 Å². The number of halogens is 3. The topological polar surface area (TPSA) is 99.0 Å². The van der Waals surface area contributed by atoms with Gasteiger partial charge in [-0.15, -0.1) is 13.2 Å². The Hall–Kier alpha value is -4.59. The fourth-order valence-electron chi connectivity index (χ4n) is 3.55. The van der Waals surface area contributed by atoms with E-state index in [0.29, 0.717) is 22.9 Å². The molecule has 0 amide bonds. The Morgan fingerprint density at radius 2 is 1.68 bits per heavy atom. The maximum Gasteiger partial charge on any atom is 0.573 e. The Bertz CT molecular complexity index is 1370. The number of alkyl halides is 3. The van der Waals surface area contributed by atoms with Crippen LogP contribution in [0, 0.1) is 11.3 Å². The van der Waals surface area contributed by atoms with Crippen molar-refractivity contribution in [2.45, 2.75) is 45.2 Å². The zero-order valence-electron chi connectivity index (χ0n) is 20.3. The lowest BCUT2D eigenvalue weighted by molar-refractivity contribution is -0.274. The highest BCUT2D eigenvalue weighted by Gasteiger charge is 2.30. The average Bonchev–Trinajstić information content (AvgIpc) is 3.54. The van der Waals surface area contributed by atoms with Gasteiger partial charge in [0, 0.05) is 6.08 Å². The van der Waals surface area contributed by atoms with Gasteiger partial charge in [-0.3, -0.25) is 0 Å². The maximum atomic E-state index is 12.2. The molecule has 196 valence electrons. The van der Waals surface area contributed by atoms with Crippen LogP contribution in [-0.4, -0.2) is 26.3 Å². The van der Waals surface area contributed by atoms with Crippen LogP contribution in [0.3, 0.4) is 0 Å². The van der Waals surface area contributed by atoms with Crippen molar-refractivity contribution >= 4 is 12.2 Å². The number of aryl methyl sites for hydroxylation is 2. The molecule has 0 saturated carbocycles.